The number of aromatic nitrogens is 2. The zero-order valence-corrected chi connectivity index (χ0v) is 11.0. The Kier molecular flexibility index (Phi) is 3.81. The van der Waals surface area contributed by atoms with E-state index in [-0.39, 0.29) is 0 Å². The fraction of sp³-hybridized carbons (Fsp3) is 0.250. The van der Waals surface area contributed by atoms with E-state index in [2.05, 4.69) is 21.0 Å². The summed E-state index contributed by atoms with van der Waals surface area (Å²) in [5.41, 5.74) is 0. The first kappa shape index (κ1) is 12.1. The third kappa shape index (κ3) is 3.57. The van der Waals surface area contributed by atoms with Crippen LogP contribution in [0.4, 0.5) is 0 Å². The van der Waals surface area contributed by atoms with Crippen molar-refractivity contribution in [2.45, 2.75) is 19.6 Å². The molecule has 1 heterocycles. The van der Waals surface area contributed by atoms with Crippen LogP contribution in [0.15, 0.2) is 41.1 Å². The Hall–Kier alpha value is -1.33. The summed E-state index contributed by atoms with van der Waals surface area (Å²) in [5.74, 6) is 1.41. The van der Waals surface area contributed by atoms with Crippen molar-refractivity contribution in [2.75, 3.05) is 0 Å². The zero-order valence-electron chi connectivity index (χ0n) is 9.38. The average Bonchev–Trinajstić information content (AvgIpc) is 2.68. The fourth-order valence-electron chi connectivity index (χ4n) is 1.41. The van der Waals surface area contributed by atoms with Crippen LogP contribution in [0.1, 0.15) is 6.92 Å². The maximum atomic E-state index is 9.23. The number of hydrogen-bond donors (Lipinski definition) is 1. The minimum Gasteiger partial charge on any atom is -0.454 e. The second-order valence-electron chi connectivity index (χ2n) is 3.80. The smallest absolute Gasteiger partial charge is 0.165 e. The SMILES string of the molecule is CC(O)Cn1cc(Oc2ccc(Br)cc2)cn1. The van der Waals surface area contributed by atoms with E-state index < -0.39 is 6.10 Å². The predicted molar refractivity (Wildman–Crippen MR) is 68.1 cm³/mol. The van der Waals surface area contributed by atoms with Crippen LogP contribution < -0.4 is 4.74 Å². The van der Waals surface area contributed by atoms with Gasteiger partial charge in [0, 0.05) is 4.47 Å². The van der Waals surface area contributed by atoms with E-state index in [1.54, 1.807) is 24.0 Å². The summed E-state index contributed by atoms with van der Waals surface area (Å²) >= 11 is 3.36. The van der Waals surface area contributed by atoms with Gasteiger partial charge in [-0.25, -0.2) is 0 Å². The Morgan fingerprint density at radius 3 is 2.71 bits per heavy atom. The number of nitrogens with zero attached hydrogens (tertiary/aromatic N) is 2. The molecule has 0 saturated carbocycles. The molecule has 2 rings (SSSR count). The van der Waals surface area contributed by atoms with Crippen LogP contribution >= 0.6 is 15.9 Å². The van der Waals surface area contributed by atoms with E-state index >= 15 is 0 Å². The summed E-state index contributed by atoms with van der Waals surface area (Å²) < 4.78 is 8.27. The first-order valence-electron chi connectivity index (χ1n) is 5.27. The molecular weight excluding hydrogens is 284 g/mol. The second kappa shape index (κ2) is 5.33. The fourth-order valence-corrected chi connectivity index (χ4v) is 1.67. The zero-order chi connectivity index (χ0) is 12.3. The average molecular weight is 297 g/mol. The molecule has 0 bridgehead atoms. The van der Waals surface area contributed by atoms with Gasteiger partial charge in [-0.15, -0.1) is 0 Å². The van der Waals surface area contributed by atoms with Gasteiger partial charge in [0.25, 0.3) is 0 Å². The highest BCUT2D eigenvalue weighted by Crippen LogP contribution is 2.22. The van der Waals surface area contributed by atoms with Crippen LogP contribution in [0.3, 0.4) is 0 Å². The van der Waals surface area contributed by atoms with Crippen LogP contribution in [0.5, 0.6) is 11.5 Å². The van der Waals surface area contributed by atoms with Gasteiger partial charge in [-0.2, -0.15) is 5.10 Å². The van der Waals surface area contributed by atoms with Crippen molar-refractivity contribution in [3.8, 4) is 11.5 Å². The minimum absolute atomic E-state index is 0.421. The predicted octanol–water partition coefficient (Wildman–Crippen LogP) is 2.82. The molecular formula is C12H13BrN2O2. The highest BCUT2D eigenvalue weighted by atomic mass is 79.9. The van der Waals surface area contributed by atoms with Crippen LogP contribution in [-0.2, 0) is 6.54 Å². The van der Waals surface area contributed by atoms with Gasteiger partial charge in [-0.3, -0.25) is 4.68 Å². The Labute approximate surface area is 108 Å². The first-order chi connectivity index (χ1) is 8.13. The van der Waals surface area contributed by atoms with Gasteiger partial charge in [0.15, 0.2) is 5.75 Å². The van der Waals surface area contributed by atoms with E-state index in [1.165, 1.54) is 0 Å². The highest BCUT2D eigenvalue weighted by Gasteiger charge is 2.03. The molecule has 1 N–H and O–H groups in total. The Bertz CT molecular complexity index is 480. The third-order valence-corrected chi connectivity index (χ3v) is 2.64. The van der Waals surface area contributed by atoms with Crippen molar-refractivity contribution in [2.24, 2.45) is 0 Å². The molecule has 4 nitrogen and oxygen atoms in total. The molecule has 1 atom stereocenters. The van der Waals surface area contributed by atoms with Crippen LogP contribution in [0, 0.1) is 0 Å². The molecule has 17 heavy (non-hydrogen) atoms. The minimum atomic E-state index is -0.421. The van der Waals surface area contributed by atoms with Gasteiger partial charge in [-0.05, 0) is 31.2 Å². The second-order valence-corrected chi connectivity index (χ2v) is 4.72. The molecule has 0 aliphatic heterocycles. The maximum Gasteiger partial charge on any atom is 0.165 e. The molecule has 0 aliphatic rings. The van der Waals surface area contributed by atoms with Crippen molar-refractivity contribution in [3.63, 3.8) is 0 Å². The van der Waals surface area contributed by atoms with Crippen molar-refractivity contribution in [3.05, 3.63) is 41.1 Å². The molecule has 0 saturated heterocycles. The molecule has 0 spiro atoms. The van der Waals surface area contributed by atoms with E-state index in [0.29, 0.717) is 12.3 Å². The number of benzene rings is 1. The lowest BCUT2D eigenvalue weighted by atomic mass is 10.3. The molecule has 1 aromatic heterocycles. The normalized spacial score (nSPS) is 12.4. The van der Waals surface area contributed by atoms with E-state index in [0.717, 1.165) is 10.2 Å². The molecule has 0 fully saturated rings. The molecule has 90 valence electrons. The third-order valence-electron chi connectivity index (χ3n) is 2.11. The number of aliphatic hydroxyl groups excluding tert-OH is 1. The van der Waals surface area contributed by atoms with Crippen LogP contribution in [0.2, 0.25) is 0 Å². The van der Waals surface area contributed by atoms with Gasteiger partial charge in [0.1, 0.15) is 5.75 Å². The first-order valence-corrected chi connectivity index (χ1v) is 6.07. The lowest BCUT2D eigenvalue weighted by Gasteiger charge is -2.03. The van der Waals surface area contributed by atoms with E-state index in [9.17, 15) is 5.11 Å². The topological polar surface area (TPSA) is 47.3 Å². The Balaban J connectivity index is 2.03. The highest BCUT2D eigenvalue weighted by molar-refractivity contribution is 9.10. The molecule has 1 aromatic carbocycles. The van der Waals surface area contributed by atoms with E-state index in [1.807, 2.05) is 24.3 Å². The summed E-state index contributed by atoms with van der Waals surface area (Å²) in [4.78, 5) is 0. The Morgan fingerprint density at radius 2 is 2.06 bits per heavy atom. The quantitative estimate of drug-likeness (QED) is 0.944. The van der Waals surface area contributed by atoms with Crippen molar-refractivity contribution < 1.29 is 9.84 Å². The maximum absolute atomic E-state index is 9.23. The number of rotatable bonds is 4. The van der Waals surface area contributed by atoms with Gasteiger partial charge < -0.3 is 9.84 Å². The molecule has 0 radical (unpaired) electrons. The standard InChI is InChI=1S/C12H13BrN2O2/c1-9(16)7-15-8-12(6-14-15)17-11-4-2-10(13)3-5-11/h2-6,8-9,16H,7H2,1H3. The molecule has 2 aromatic rings. The van der Waals surface area contributed by atoms with Gasteiger partial charge >= 0.3 is 0 Å². The summed E-state index contributed by atoms with van der Waals surface area (Å²) in [6.45, 7) is 2.18. The summed E-state index contributed by atoms with van der Waals surface area (Å²) in [6, 6.07) is 7.57. The molecule has 0 aliphatic carbocycles. The summed E-state index contributed by atoms with van der Waals surface area (Å²) in [5, 5.41) is 13.3. The number of ether oxygens (including phenoxy) is 1. The monoisotopic (exact) mass is 296 g/mol. The van der Waals surface area contributed by atoms with E-state index in [4.69, 9.17) is 4.74 Å². The summed E-state index contributed by atoms with van der Waals surface area (Å²) in [7, 11) is 0. The lowest BCUT2D eigenvalue weighted by molar-refractivity contribution is 0.168. The molecule has 5 heteroatoms. The van der Waals surface area contributed by atoms with Crippen LogP contribution in [0.25, 0.3) is 0 Å². The number of halogens is 1. The largest absolute Gasteiger partial charge is 0.454 e. The Morgan fingerprint density at radius 1 is 1.35 bits per heavy atom. The van der Waals surface area contributed by atoms with Crippen molar-refractivity contribution >= 4 is 15.9 Å². The van der Waals surface area contributed by atoms with Crippen molar-refractivity contribution in [1.29, 1.82) is 0 Å². The van der Waals surface area contributed by atoms with Gasteiger partial charge in [0.2, 0.25) is 0 Å². The lowest BCUT2D eigenvalue weighted by Crippen LogP contribution is -2.11. The number of aliphatic hydroxyl groups is 1. The number of hydrogen-bond acceptors (Lipinski definition) is 3. The molecule has 0 amide bonds. The molecule has 1 unspecified atom stereocenters. The summed E-state index contributed by atoms with van der Waals surface area (Å²) in [6.07, 6.45) is 2.97. The van der Waals surface area contributed by atoms with Crippen molar-refractivity contribution in [1.82, 2.24) is 9.78 Å². The van der Waals surface area contributed by atoms with Crippen LogP contribution in [-0.4, -0.2) is 21.0 Å². The van der Waals surface area contributed by atoms with Gasteiger partial charge in [0.05, 0.1) is 25.0 Å². The van der Waals surface area contributed by atoms with Gasteiger partial charge in [-0.1, -0.05) is 15.9 Å².